The average molecular weight is 416 g/mol. The summed E-state index contributed by atoms with van der Waals surface area (Å²) in [6, 6.07) is 15.3. The Labute approximate surface area is 174 Å². The van der Waals surface area contributed by atoms with Crippen LogP contribution in [0.25, 0.3) is 11.5 Å². The zero-order chi connectivity index (χ0) is 21.5. The molecule has 9 heteroatoms. The third-order valence-electron chi connectivity index (χ3n) is 4.81. The molecule has 0 N–H and O–H groups in total. The van der Waals surface area contributed by atoms with E-state index in [9.17, 15) is 18.8 Å². The van der Waals surface area contributed by atoms with Crippen LogP contribution in [0, 0.1) is 5.82 Å². The predicted molar refractivity (Wildman–Crippen MR) is 105 cm³/mol. The summed E-state index contributed by atoms with van der Waals surface area (Å²) in [4.78, 5) is 43.2. The number of fused-ring (bicyclic) bond motifs is 1. The Kier molecular flexibility index (Phi) is 4.21. The van der Waals surface area contributed by atoms with E-state index in [1.807, 2.05) is 0 Å². The van der Waals surface area contributed by atoms with Gasteiger partial charge in [-0.25, -0.2) is 13.9 Å². The number of nitrogens with zero attached hydrogens (tertiary/aromatic N) is 4. The van der Waals surface area contributed by atoms with Gasteiger partial charge < -0.3 is 9.40 Å². The highest BCUT2D eigenvalue weighted by Gasteiger charge is 2.39. The van der Waals surface area contributed by atoms with Crippen LogP contribution in [0.15, 0.2) is 79.3 Å². The van der Waals surface area contributed by atoms with Gasteiger partial charge in [-0.05, 0) is 48.5 Å². The molecule has 4 aromatic rings. The second-order valence-electron chi connectivity index (χ2n) is 6.69. The molecule has 0 aliphatic carbocycles. The van der Waals surface area contributed by atoms with E-state index in [0.29, 0.717) is 16.6 Å². The Morgan fingerprint density at radius 1 is 0.871 bits per heavy atom. The van der Waals surface area contributed by atoms with Crippen molar-refractivity contribution in [3.8, 4) is 11.5 Å². The molecule has 2 aromatic heterocycles. The monoisotopic (exact) mass is 416 g/mol. The van der Waals surface area contributed by atoms with Crippen molar-refractivity contribution in [3.05, 3.63) is 102 Å². The highest BCUT2D eigenvalue weighted by Crippen LogP contribution is 2.25. The van der Waals surface area contributed by atoms with E-state index in [-0.39, 0.29) is 16.7 Å². The predicted octanol–water partition coefficient (Wildman–Crippen LogP) is 3.17. The number of hydroxylamine groups is 2. The van der Waals surface area contributed by atoms with Crippen molar-refractivity contribution in [1.29, 1.82) is 0 Å². The molecule has 0 saturated heterocycles. The summed E-state index contributed by atoms with van der Waals surface area (Å²) in [7, 11) is 0. The molecule has 1 aliphatic rings. The van der Waals surface area contributed by atoms with Gasteiger partial charge in [-0.2, -0.15) is 5.10 Å². The third kappa shape index (κ3) is 2.99. The second-order valence-corrected chi connectivity index (χ2v) is 6.69. The minimum atomic E-state index is -0.938. The molecule has 5 rings (SSSR count). The maximum Gasteiger partial charge on any atom is 0.369 e. The molecule has 0 saturated carbocycles. The van der Waals surface area contributed by atoms with Crippen LogP contribution >= 0.6 is 0 Å². The number of imide groups is 1. The number of rotatable bonds is 4. The fourth-order valence-corrected chi connectivity index (χ4v) is 3.36. The van der Waals surface area contributed by atoms with Gasteiger partial charge in [0.15, 0.2) is 5.82 Å². The Hall–Kier alpha value is -4.53. The van der Waals surface area contributed by atoms with Crippen LogP contribution in [0.1, 0.15) is 31.1 Å². The van der Waals surface area contributed by atoms with E-state index in [2.05, 4.69) is 5.10 Å². The van der Waals surface area contributed by atoms with Gasteiger partial charge in [0, 0.05) is 12.4 Å². The van der Waals surface area contributed by atoms with Crippen LogP contribution < -0.4 is 0 Å². The van der Waals surface area contributed by atoms with E-state index >= 15 is 0 Å². The van der Waals surface area contributed by atoms with Gasteiger partial charge in [0.2, 0.25) is 0 Å². The number of hydrogen-bond donors (Lipinski definition) is 0. The van der Waals surface area contributed by atoms with Gasteiger partial charge >= 0.3 is 5.97 Å². The number of hydrogen-bond acceptors (Lipinski definition) is 5. The fourth-order valence-electron chi connectivity index (χ4n) is 3.36. The molecule has 0 unspecified atom stereocenters. The van der Waals surface area contributed by atoms with Crippen molar-refractivity contribution >= 4 is 17.8 Å². The minimum absolute atomic E-state index is 0.0112. The van der Waals surface area contributed by atoms with Gasteiger partial charge in [0.25, 0.3) is 11.8 Å². The largest absolute Gasteiger partial charge is 0.369 e. The molecule has 1 aliphatic heterocycles. The zero-order valence-electron chi connectivity index (χ0n) is 15.8. The number of carbonyl (C=O) groups is 3. The smallest absolute Gasteiger partial charge is 0.324 e. The number of halogens is 1. The second kappa shape index (κ2) is 7.06. The summed E-state index contributed by atoms with van der Waals surface area (Å²) in [6.07, 6.45) is 4.64. The number of aromatic nitrogens is 3. The minimum Gasteiger partial charge on any atom is -0.324 e. The maximum absolute atomic E-state index is 13.3. The topological polar surface area (TPSA) is 86.4 Å². The van der Waals surface area contributed by atoms with E-state index in [1.54, 1.807) is 41.2 Å². The molecule has 3 heterocycles. The van der Waals surface area contributed by atoms with E-state index in [1.165, 1.54) is 47.3 Å². The molecular formula is C22H13FN4O4. The van der Waals surface area contributed by atoms with Crippen molar-refractivity contribution < 1.29 is 23.6 Å². The van der Waals surface area contributed by atoms with Crippen LogP contribution in [0.4, 0.5) is 4.39 Å². The summed E-state index contributed by atoms with van der Waals surface area (Å²) < 4.78 is 16.4. The standard InChI is InChI=1S/C22H13FN4O4/c23-14-7-9-15(10-8-14)26-19(25-11-3-4-12-25)18(13-24-26)22(30)31-27-20(28)16-5-1-2-6-17(16)21(27)29/h1-13H. The summed E-state index contributed by atoms with van der Waals surface area (Å²) in [5.74, 6) is -2.49. The molecule has 0 bridgehead atoms. The van der Waals surface area contributed by atoms with Crippen molar-refractivity contribution in [2.75, 3.05) is 0 Å². The van der Waals surface area contributed by atoms with Gasteiger partial charge in [0.1, 0.15) is 11.4 Å². The molecule has 8 nitrogen and oxygen atoms in total. The molecule has 0 radical (unpaired) electrons. The average Bonchev–Trinajstić information content (AvgIpc) is 3.50. The lowest BCUT2D eigenvalue weighted by Crippen LogP contribution is -2.33. The molecule has 0 fully saturated rings. The van der Waals surface area contributed by atoms with Gasteiger partial charge in [-0.1, -0.05) is 17.2 Å². The molecule has 0 spiro atoms. The summed E-state index contributed by atoms with van der Waals surface area (Å²) in [6.45, 7) is 0. The van der Waals surface area contributed by atoms with Crippen LogP contribution in [-0.2, 0) is 4.84 Å². The lowest BCUT2D eigenvalue weighted by Gasteiger charge is -2.14. The highest BCUT2D eigenvalue weighted by atomic mass is 19.1. The normalized spacial score (nSPS) is 12.9. The Bertz CT molecular complexity index is 1290. The Balaban J connectivity index is 1.52. The lowest BCUT2D eigenvalue weighted by molar-refractivity contribution is -0.0584. The maximum atomic E-state index is 13.3. The summed E-state index contributed by atoms with van der Waals surface area (Å²) >= 11 is 0. The van der Waals surface area contributed by atoms with Gasteiger partial charge in [-0.15, -0.1) is 0 Å². The number of benzene rings is 2. The van der Waals surface area contributed by atoms with Gasteiger partial charge in [0.05, 0.1) is 23.0 Å². The lowest BCUT2D eigenvalue weighted by atomic mass is 10.1. The molecule has 31 heavy (non-hydrogen) atoms. The van der Waals surface area contributed by atoms with E-state index < -0.39 is 23.6 Å². The molecule has 0 atom stereocenters. The molecule has 152 valence electrons. The van der Waals surface area contributed by atoms with E-state index in [0.717, 1.165) is 0 Å². The third-order valence-corrected chi connectivity index (χ3v) is 4.81. The first-order valence-corrected chi connectivity index (χ1v) is 9.22. The fraction of sp³-hybridized carbons (Fsp3) is 0. The Morgan fingerprint density at radius 3 is 2.10 bits per heavy atom. The van der Waals surface area contributed by atoms with Crippen molar-refractivity contribution in [1.82, 2.24) is 19.4 Å². The van der Waals surface area contributed by atoms with Crippen LogP contribution in [0.2, 0.25) is 0 Å². The SMILES string of the molecule is O=C(ON1C(=O)c2ccccc2C1=O)c1cnn(-c2ccc(F)cc2)c1-n1cccc1. The Morgan fingerprint density at radius 2 is 1.48 bits per heavy atom. The highest BCUT2D eigenvalue weighted by molar-refractivity contribution is 6.21. The molecule has 2 amide bonds. The number of carbonyl (C=O) groups excluding carboxylic acids is 3. The van der Waals surface area contributed by atoms with Crippen molar-refractivity contribution in [3.63, 3.8) is 0 Å². The van der Waals surface area contributed by atoms with Crippen LogP contribution in [0.3, 0.4) is 0 Å². The van der Waals surface area contributed by atoms with Crippen LogP contribution in [0.5, 0.6) is 0 Å². The first-order valence-electron chi connectivity index (χ1n) is 9.22. The first-order chi connectivity index (χ1) is 15.0. The molecular weight excluding hydrogens is 403 g/mol. The van der Waals surface area contributed by atoms with Crippen LogP contribution in [-0.4, -0.2) is 37.2 Å². The van der Waals surface area contributed by atoms with Crippen molar-refractivity contribution in [2.24, 2.45) is 0 Å². The number of amides is 2. The van der Waals surface area contributed by atoms with E-state index in [4.69, 9.17) is 4.84 Å². The zero-order valence-corrected chi connectivity index (χ0v) is 15.8. The summed E-state index contributed by atoms with van der Waals surface area (Å²) in [5, 5.41) is 4.68. The summed E-state index contributed by atoms with van der Waals surface area (Å²) in [5.41, 5.74) is 0.836. The quantitative estimate of drug-likeness (QED) is 0.477. The van der Waals surface area contributed by atoms with Gasteiger partial charge in [-0.3, -0.25) is 9.59 Å². The molecule has 2 aromatic carbocycles. The first kappa shape index (κ1) is 18.5. The van der Waals surface area contributed by atoms with Crippen molar-refractivity contribution in [2.45, 2.75) is 0 Å².